The summed E-state index contributed by atoms with van der Waals surface area (Å²) in [4.78, 5) is 0. The minimum atomic E-state index is -1.60. The lowest BCUT2D eigenvalue weighted by molar-refractivity contribution is 1.15. The largest absolute Gasteiger partial charge is 0.103 e. The fourth-order valence-electron chi connectivity index (χ4n) is 2.56. The number of benzene rings is 2. The average Bonchev–Trinajstić information content (AvgIpc) is 2.42. The Kier molecular flexibility index (Phi) is 4.43. The first-order chi connectivity index (χ1) is 9.05. The summed E-state index contributed by atoms with van der Waals surface area (Å²) in [5.41, 5.74) is 1.79. The molecule has 0 fully saturated rings. The average molecular weight is 331 g/mol. The van der Waals surface area contributed by atoms with Crippen molar-refractivity contribution in [2.45, 2.75) is 18.6 Å². The summed E-state index contributed by atoms with van der Waals surface area (Å²) in [7, 11) is -1.60. The van der Waals surface area contributed by atoms with E-state index in [9.17, 15) is 0 Å². The number of hydrogen-bond acceptors (Lipinski definition) is 0. The standard InChI is InChI=1S/C17H19BrSi/c1-4-17(14-10-12-15(18)13-11-14)19(2,3)16-8-6-5-7-9-16/h4-13,17H,1H2,2-3H3/t17-/m0/s1. The molecule has 2 aromatic rings. The second-order valence-electron chi connectivity index (χ2n) is 5.35. The van der Waals surface area contributed by atoms with E-state index in [4.69, 9.17) is 0 Å². The van der Waals surface area contributed by atoms with Crippen molar-refractivity contribution in [2.24, 2.45) is 0 Å². The summed E-state index contributed by atoms with van der Waals surface area (Å²) in [5.74, 6) is 0. The lowest BCUT2D eigenvalue weighted by atomic mass is 10.1. The van der Waals surface area contributed by atoms with Gasteiger partial charge < -0.3 is 0 Å². The zero-order chi connectivity index (χ0) is 13.9. The Hall–Kier alpha value is -1.12. The summed E-state index contributed by atoms with van der Waals surface area (Å²) in [5, 5.41) is 1.47. The molecule has 0 aliphatic carbocycles. The lowest BCUT2D eigenvalue weighted by Crippen LogP contribution is -2.46. The molecule has 0 heterocycles. The number of rotatable bonds is 4. The monoisotopic (exact) mass is 330 g/mol. The van der Waals surface area contributed by atoms with Gasteiger partial charge in [0.2, 0.25) is 0 Å². The van der Waals surface area contributed by atoms with Crippen LogP contribution in [-0.2, 0) is 0 Å². The molecule has 0 saturated heterocycles. The van der Waals surface area contributed by atoms with Crippen LogP contribution in [0.15, 0.2) is 71.7 Å². The van der Waals surface area contributed by atoms with Crippen molar-refractivity contribution in [3.8, 4) is 0 Å². The molecule has 0 N–H and O–H groups in total. The molecular formula is C17H19BrSi. The molecule has 2 aromatic carbocycles. The fraction of sp³-hybridized carbons (Fsp3) is 0.176. The molecule has 0 aliphatic rings. The molecule has 0 unspecified atom stereocenters. The van der Waals surface area contributed by atoms with Crippen LogP contribution in [0.2, 0.25) is 13.1 Å². The Balaban J connectivity index is 2.41. The third kappa shape index (κ3) is 3.07. The summed E-state index contributed by atoms with van der Waals surface area (Å²) in [6, 6.07) is 19.5. The Morgan fingerprint density at radius 2 is 1.58 bits per heavy atom. The predicted octanol–water partition coefficient (Wildman–Crippen LogP) is 4.87. The van der Waals surface area contributed by atoms with Gasteiger partial charge in [-0.05, 0) is 17.7 Å². The summed E-state index contributed by atoms with van der Waals surface area (Å²) < 4.78 is 1.12. The van der Waals surface area contributed by atoms with Crippen LogP contribution in [0.25, 0.3) is 0 Å². The van der Waals surface area contributed by atoms with Gasteiger partial charge in [-0.2, -0.15) is 0 Å². The highest BCUT2D eigenvalue weighted by molar-refractivity contribution is 9.10. The maximum Gasteiger partial charge on any atom is 0.0919 e. The van der Waals surface area contributed by atoms with Gasteiger partial charge in [-0.3, -0.25) is 0 Å². The Morgan fingerprint density at radius 3 is 2.11 bits per heavy atom. The Labute approximate surface area is 125 Å². The van der Waals surface area contributed by atoms with E-state index in [1.165, 1.54) is 10.8 Å². The molecule has 0 saturated carbocycles. The predicted molar refractivity (Wildman–Crippen MR) is 90.6 cm³/mol. The first kappa shape index (κ1) is 14.3. The second kappa shape index (κ2) is 5.89. The Morgan fingerprint density at radius 1 is 1.00 bits per heavy atom. The normalized spacial score (nSPS) is 13.0. The van der Waals surface area contributed by atoms with Gasteiger partial charge in [-0.15, -0.1) is 6.58 Å². The molecule has 1 atom stereocenters. The van der Waals surface area contributed by atoms with Crippen molar-refractivity contribution in [2.75, 3.05) is 0 Å². The van der Waals surface area contributed by atoms with E-state index in [1.54, 1.807) is 0 Å². The fourth-order valence-corrected chi connectivity index (χ4v) is 5.85. The van der Waals surface area contributed by atoms with E-state index in [-0.39, 0.29) is 0 Å². The minimum Gasteiger partial charge on any atom is -0.103 e. The van der Waals surface area contributed by atoms with Gasteiger partial charge >= 0.3 is 0 Å². The Bertz CT molecular complexity index is 543. The van der Waals surface area contributed by atoms with Crippen LogP contribution in [0.3, 0.4) is 0 Å². The van der Waals surface area contributed by atoms with Crippen LogP contribution in [-0.4, -0.2) is 8.07 Å². The van der Waals surface area contributed by atoms with Crippen molar-refractivity contribution < 1.29 is 0 Å². The van der Waals surface area contributed by atoms with E-state index in [0.29, 0.717) is 5.54 Å². The van der Waals surface area contributed by atoms with E-state index in [2.05, 4.69) is 96.3 Å². The maximum absolute atomic E-state index is 4.07. The zero-order valence-electron chi connectivity index (χ0n) is 11.4. The first-order valence-corrected chi connectivity index (χ1v) is 10.4. The van der Waals surface area contributed by atoms with Crippen molar-refractivity contribution in [1.82, 2.24) is 0 Å². The third-order valence-electron chi connectivity index (χ3n) is 3.76. The molecule has 19 heavy (non-hydrogen) atoms. The molecule has 0 nitrogen and oxygen atoms in total. The SMILES string of the molecule is C=C[C@@H](c1ccc(Br)cc1)[Si](C)(C)c1ccccc1. The van der Waals surface area contributed by atoms with Gasteiger partial charge in [0.1, 0.15) is 0 Å². The number of hydrogen-bond donors (Lipinski definition) is 0. The van der Waals surface area contributed by atoms with Crippen LogP contribution in [0, 0.1) is 0 Å². The van der Waals surface area contributed by atoms with E-state index >= 15 is 0 Å². The van der Waals surface area contributed by atoms with E-state index in [0.717, 1.165) is 4.47 Å². The molecule has 0 aliphatic heterocycles. The summed E-state index contributed by atoms with van der Waals surface area (Å²) in [6.07, 6.45) is 2.11. The first-order valence-electron chi connectivity index (χ1n) is 6.49. The highest BCUT2D eigenvalue weighted by atomic mass is 79.9. The van der Waals surface area contributed by atoms with Gasteiger partial charge in [-0.1, -0.05) is 82.8 Å². The molecule has 2 rings (SSSR count). The van der Waals surface area contributed by atoms with Gasteiger partial charge in [0, 0.05) is 10.0 Å². The minimum absolute atomic E-state index is 0.433. The summed E-state index contributed by atoms with van der Waals surface area (Å²) >= 11 is 3.50. The molecule has 0 spiro atoms. The van der Waals surface area contributed by atoms with Crippen molar-refractivity contribution in [3.05, 3.63) is 77.3 Å². The van der Waals surface area contributed by atoms with E-state index < -0.39 is 8.07 Å². The quantitative estimate of drug-likeness (QED) is 0.554. The van der Waals surface area contributed by atoms with Gasteiger partial charge in [0.25, 0.3) is 0 Å². The van der Waals surface area contributed by atoms with Crippen LogP contribution in [0.5, 0.6) is 0 Å². The molecule has 0 amide bonds. The van der Waals surface area contributed by atoms with Gasteiger partial charge in [-0.25, -0.2) is 0 Å². The zero-order valence-corrected chi connectivity index (χ0v) is 14.0. The third-order valence-corrected chi connectivity index (χ3v) is 8.23. The molecule has 98 valence electrons. The maximum atomic E-state index is 4.07. The molecule has 0 radical (unpaired) electrons. The van der Waals surface area contributed by atoms with Crippen molar-refractivity contribution in [1.29, 1.82) is 0 Å². The second-order valence-corrected chi connectivity index (χ2v) is 10.9. The van der Waals surface area contributed by atoms with E-state index in [1.807, 2.05) is 0 Å². The van der Waals surface area contributed by atoms with Crippen LogP contribution >= 0.6 is 15.9 Å². The number of halogens is 1. The summed E-state index contributed by atoms with van der Waals surface area (Å²) in [6.45, 7) is 8.90. The molecular weight excluding hydrogens is 312 g/mol. The molecule has 0 aromatic heterocycles. The van der Waals surface area contributed by atoms with Crippen LogP contribution in [0.1, 0.15) is 11.1 Å². The van der Waals surface area contributed by atoms with Gasteiger partial charge in [0.15, 0.2) is 0 Å². The smallest absolute Gasteiger partial charge is 0.0919 e. The topological polar surface area (TPSA) is 0 Å². The van der Waals surface area contributed by atoms with Crippen LogP contribution < -0.4 is 5.19 Å². The molecule has 0 bridgehead atoms. The van der Waals surface area contributed by atoms with Crippen molar-refractivity contribution in [3.63, 3.8) is 0 Å². The van der Waals surface area contributed by atoms with Crippen LogP contribution in [0.4, 0.5) is 0 Å². The number of allylic oxidation sites excluding steroid dienone is 1. The lowest BCUT2D eigenvalue weighted by Gasteiger charge is -2.31. The highest BCUT2D eigenvalue weighted by Gasteiger charge is 2.32. The molecule has 2 heteroatoms. The van der Waals surface area contributed by atoms with Gasteiger partial charge in [0.05, 0.1) is 8.07 Å². The highest BCUT2D eigenvalue weighted by Crippen LogP contribution is 2.29. The van der Waals surface area contributed by atoms with Crippen molar-refractivity contribution >= 4 is 29.2 Å².